The highest BCUT2D eigenvalue weighted by atomic mass is 16.5. The van der Waals surface area contributed by atoms with E-state index in [0.29, 0.717) is 24.9 Å². The third-order valence-corrected chi connectivity index (χ3v) is 1.70. The summed E-state index contributed by atoms with van der Waals surface area (Å²) < 4.78 is 10.3. The van der Waals surface area contributed by atoms with Gasteiger partial charge in [-0.1, -0.05) is 12.1 Å². The molecule has 0 aliphatic rings. The number of hydrogen-bond donors (Lipinski definition) is 1. The molecule has 0 radical (unpaired) electrons. The van der Waals surface area contributed by atoms with Crippen molar-refractivity contribution in [3.8, 4) is 0 Å². The Kier molecular flexibility index (Phi) is 5.17. The molecule has 0 aromatic carbocycles. The average Bonchev–Trinajstić information content (AvgIpc) is 2.61. The second-order valence-electron chi connectivity index (χ2n) is 3.01. The van der Waals surface area contributed by atoms with Crippen molar-refractivity contribution in [2.24, 2.45) is 0 Å². The van der Waals surface area contributed by atoms with Crippen LogP contribution in [0, 0.1) is 0 Å². The first-order valence-corrected chi connectivity index (χ1v) is 4.90. The number of likely N-dealkylation sites (N-methyl/N-ethyl adjacent to an activating group) is 1. The molecule has 14 heavy (non-hydrogen) atoms. The fraction of sp³-hybridized carbons (Fsp3) is 0.778. The van der Waals surface area contributed by atoms with Gasteiger partial charge in [-0.2, -0.15) is 4.98 Å². The Morgan fingerprint density at radius 2 is 2.36 bits per heavy atom. The van der Waals surface area contributed by atoms with E-state index < -0.39 is 0 Å². The lowest BCUT2D eigenvalue weighted by atomic mass is 10.3. The number of hydrogen-bond acceptors (Lipinski definition) is 5. The molecule has 5 heteroatoms. The van der Waals surface area contributed by atoms with Gasteiger partial charge in [0.1, 0.15) is 6.61 Å². The minimum absolute atomic E-state index is 0.425. The molecule has 0 aliphatic heterocycles. The van der Waals surface area contributed by atoms with E-state index in [1.807, 2.05) is 7.05 Å². The summed E-state index contributed by atoms with van der Waals surface area (Å²) in [5, 5.41) is 6.79. The molecule has 0 aliphatic carbocycles. The van der Waals surface area contributed by atoms with E-state index in [0.717, 1.165) is 19.4 Å². The van der Waals surface area contributed by atoms with Crippen molar-refractivity contribution >= 4 is 0 Å². The normalized spacial score (nSPS) is 10.7. The van der Waals surface area contributed by atoms with Gasteiger partial charge >= 0.3 is 0 Å². The number of ether oxygens (including phenoxy) is 1. The maximum atomic E-state index is 5.30. The highest BCUT2D eigenvalue weighted by molar-refractivity contribution is 4.84. The molecule has 0 bridgehead atoms. The van der Waals surface area contributed by atoms with Crippen molar-refractivity contribution in [3.63, 3.8) is 0 Å². The number of rotatable bonds is 7. The van der Waals surface area contributed by atoms with Crippen molar-refractivity contribution in [3.05, 3.63) is 11.7 Å². The molecule has 1 aromatic heterocycles. The first kappa shape index (κ1) is 11.1. The molecule has 1 rings (SSSR count). The van der Waals surface area contributed by atoms with Gasteiger partial charge < -0.3 is 14.6 Å². The van der Waals surface area contributed by atoms with Crippen LogP contribution in [0.15, 0.2) is 4.52 Å². The van der Waals surface area contributed by atoms with Gasteiger partial charge in [-0.05, 0) is 13.5 Å². The van der Waals surface area contributed by atoms with E-state index in [-0.39, 0.29) is 0 Å². The number of aryl methyl sites for hydroxylation is 1. The van der Waals surface area contributed by atoms with E-state index in [1.165, 1.54) is 0 Å². The van der Waals surface area contributed by atoms with Crippen molar-refractivity contribution in [2.75, 3.05) is 20.2 Å². The molecule has 0 atom stereocenters. The van der Waals surface area contributed by atoms with Crippen LogP contribution in [0.2, 0.25) is 0 Å². The summed E-state index contributed by atoms with van der Waals surface area (Å²) in [6.07, 6.45) is 1.85. The average molecular weight is 199 g/mol. The molecule has 0 saturated carbocycles. The number of aromatic nitrogens is 2. The van der Waals surface area contributed by atoms with Gasteiger partial charge in [0.15, 0.2) is 5.82 Å². The Balaban J connectivity index is 2.22. The maximum absolute atomic E-state index is 5.30. The molecule has 0 saturated heterocycles. The third-order valence-electron chi connectivity index (χ3n) is 1.70. The fourth-order valence-corrected chi connectivity index (χ4v) is 1.00. The summed E-state index contributed by atoms with van der Waals surface area (Å²) in [6.45, 7) is 4.00. The first-order valence-electron chi connectivity index (χ1n) is 4.90. The number of nitrogens with one attached hydrogen (secondary N) is 1. The molecule has 1 N–H and O–H groups in total. The SMILES string of the molecule is CCCc1nc(COCCNC)no1. The minimum atomic E-state index is 0.425. The van der Waals surface area contributed by atoms with Gasteiger partial charge in [-0.3, -0.25) is 0 Å². The monoisotopic (exact) mass is 199 g/mol. The molecular weight excluding hydrogens is 182 g/mol. The molecule has 1 aromatic rings. The van der Waals surface area contributed by atoms with E-state index in [1.54, 1.807) is 0 Å². The molecule has 5 nitrogen and oxygen atoms in total. The summed E-state index contributed by atoms with van der Waals surface area (Å²) in [6, 6.07) is 0. The van der Waals surface area contributed by atoms with E-state index >= 15 is 0 Å². The van der Waals surface area contributed by atoms with Gasteiger partial charge in [-0.25, -0.2) is 0 Å². The van der Waals surface area contributed by atoms with E-state index in [4.69, 9.17) is 9.26 Å². The maximum Gasteiger partial charge on any atom is 0.226 e. The minimum Gasteiger partial charge on any atom is -0.372 e. The zero-order valence-electron chi connectivity index (χ0n) is 8.75. The van der Waals surface area contributed by atoms with Crippen LogP contribution in [-0.4, -0.2) is 30.3 Å². The van der Waals surface area contributed by atoms with Gasteiger partial charge in [0.2, 0.25) is 5.89 Å². The Hall–Kier alpha value is -0.940. The van der Waals surface area contributed by atoms with Crippen LogP contribution in [-0.2, 0) is 17.8 Å². The van der Waals surface area contributed by atoms with Gasteiger partial charge in [0.25, 0.3) is 0 Å². The van der Waals surface area contributed by atoms with Crippen LogP contribution in [0.25, 0.3) is 0 Å². The lowest BCUT2D eigenvalue weighted by Gasteiger charge is -1.98. The summed E-state index contributed by atoms with van der Waals surface area (Å²) in [7, 11) is 1.89. The smallest absolute Gasteiger partial charge is 0.226 e. The molecule has 0 spiro atoms. The summed E-state index contributed by atoms with van der Waals surface area (Å²) in [5.74, 6) is 1.32. The predicted molar refractivity (Wildman–Crippen MR) is 51.9 cm³/mol. The second kappa shape index (κ2) is 6.50. The molecule has 80 valence electrons. The lowest BCUT2D eigenvalue weighted by Crippen LogP contribution is -2.14. The summed E-state index contributed by atoms with van der Waals surface area (Å²) in [5.41, 5.74) is 0. The summed E-state index contributed by atoms with van der Waals surface area (Å²) in [4.78, 5) is 4.17. The third kappa shape index (κ3) is 3.85. The standard InChI is InChI=1S/C9H17N3O2/c1-3-4-9-11-8(12-14-9)7-13-6-5-10-2/h10H,3-7H2,1-2H3. The molecule has 0 amide bonds. The van der Waals surface area contributed by atoms with Gasteiger partial charge in [0, 0.05) is 13.0 Å². The van der Waals surface area contributed by atoms with Crippen LogP contribution in [0.5, 0.6) is 0 Å². The molecular formula is C9H17N3O2. The number of nitrogens with zero attached hydrogens (tertiary/aromatic N) is 2. The molecule has 0 fully saturated rings. The first-order chi connectivity index (χ1) is 6.86. The predicted octanol–water partition coefficient (Wildman–Crippen LogP) is 0.758. The largest absolute Gasteiger partial charge is 0.372 e. The second-order valence-corrected chi connectivity index (χ2v) is 3.01. The van der Waals surface area contributed by atoms with Crippen LogP contribution in [0.1, 0.15) is 25.1 Å². The highest BCUT2D eigenvalue weighted by Crippen LogP contribution is 2.01. The lowest BCUT2D eigenvalue weighted by molar-refractivity contribution is 0.116. The molecule has 1 heterocycles. The topological polar surface area (TPSA) is 60.2 Å². The van der Waals surface area contributed by atoms with Crippen molar-refractivity contribution in [2.45, 2.75) is 26.4 Å². The summed E-state index contributed by atoms with van der Waals surface area (Å²) >= 11 is 0. The quantitative estimate of drug-likeness (QED) is 0.657. The Labute approximate surface area is 83.8 Å². The molecule has 0 unspecified atom stereocenters. The van der Waals surface area contributed by atoms with Crippen LogP contribution >= 0.6 is 0 Å². The van der Waals surface area contributed by atoms with Gasteiger partial charge in [-0.15, -0.1) is 0 Å². The van der Waals surface area contributed by atoms with Crippen molar-refractivity contribution in [1.29, 1.82) is 0 Å². The van der Waals surface area contributed by atoms with Gasteiger partial charge in [0.05, 0.1) is 6.61 Å². The van der Waals surface area contributed by atoms with E-state index in [9.17, 15) is 0 Å². The van der Waals surface area contributed by atoms with Crippen LogP contribution in [0.4, 0.5) is 0 Å². The Morgan fingerprint density at radius 3 is 3.07 bits per heavy atom. The zero-order valence-corrected chi connectivity index (χ0v) is 8.75. The van der Waals surface area contributed by atoms with Crippen molar-refractivity contribution in [1.82, 2.24) is 15.5 Å². The van der Waals surface area contributed by atoms with Crippen LogP contribution in [0.3, 0.4) is 0 Å². The van der Waals surface area contributed by atoms with Crippen molar-refractivity contribution < 1.29 is 9.26 Å². The highest BCUT2D eigenvalue weighted by Gasteiger charge is 2.04. The van der Waals surface area contributed by atoms with Crippen LogP contribution < -0.4 is 5.32 Å². The van der Waals surface area contributed by atoms with E-state index in [2.05, 4.69) is 22.4 Å². The fourth-order valence-electron chi connectivity index (χ4n) is 1.00. The zero-order chi connectivity index (χ0) is 10.2. The Bertz CT molecular complexity index is 250. The Morgan fingerprint density at radius 1 is 1.50 bits per heavy atom.